The molecule has 98 valence electrons. The highest BCUT2D eigenvalue weighted by atomic mass is 35.5. The molecule has 5 nitrogen and oxygen atoms in total. The van der Waals surface area contributed by atoms with Gasteiger partial charge in [0, 0.05) is 31.6 Å². The van der Waals surface area contributed by atoms with Crippen molar-refractivity contribution in [2.45, 2.75) is 12.8 Å². The fourth-order valence-corrected chi connectivity index (χ4v) is 2.68. The van der Waals surface area contributed by atoms with Gasteiger partial charge in [-0.2, -0.15) is 5.10 Å². The van der Waals surface area contributed by atoms with Crippen molar-refractivity contribution < 1.29 is 4.74 Å². The molecule has 2 aliphatic rings. The van der Waals surface area contributed by atoms with E-state index in [9.17, 15) is 4.79 Å². The Bertz CT molecular complexity index is 525. The van der Waals surface area contributed by atoms with Crippen LogP contribution in [0, 0.1) is 5.41 Å². The van der Waals surface area contributed by atoms with Gasteiger partial charge in [-0.05, 0) is 12.8 Å². The number of hydrogen-bond acceptors (Lipinski definition) is 4. The molecule has 18 heavy (non-hydrogen) atoms. The summed E-state index contributed by atoms with van der Waals surface area (Å²) in [6, 6.07) is 1.66. The molecule has 0 aromatic carbocycles. The second-order valence-corrected chi connectivity index (χ2v) is 5.64. The molecule has 3 rings (SSSR count). The molecule has 0 bridgehead atoms. The van der Waals surface area contributed by atoms with E-state index in [2.05, 4.69) is 10.00 Å². The molecule has 1 aromatic rings. The zero-order chi connectivity index (χ0) is 12.8. The lowest BCUT2D eigenvalue weighted by atomic mass is 10.1. The van der Waals surface area contributed by atoms with Crippen molar-refractivity contribution in [2.75, 3.05) is 31.2 Å². The quantitative estimate of drug-likeness (QED) is 0.765. The van der Waals surface area contributed by atoms with Crippen LogP contribution in [-0.4, -0.2) is 36.1 Å². The molecule has 1 saturated carbocycles. The predicted molar refractivity (Wildman–Crippen MR) is 69.2 cm³/mol. The smallest absolute Gasteiger partial charge is 0.290 e. The molecule has 0 atom stereocenters. The fraction of sp³-hybridized carbons (Fsp3) is 0.667. The molecule has 2 heterocycles. The molecular formula is C12H16ClN3O2. The summed E-state index contributed by atoms with van der Waals surface area (Å²) in [6.45, 7) is 3.08. The van der Waals surface area contributed by atoms with Crippen LogP contribution in [0.5, 0.6) is 0 Å². The summed E-state index contributed by atoms with van der Waals surface area (Å²) in [5.74, 6) is 0. The average Bonchev–Trinajstić information content (AvgIpc) is 3.11. The molecule has 1 aliphatic carbocycles. The Labute approximate surface area is 110 Å². The lowest BCUT2D eigenvalue weighted by Crippen LogP contribution is -2.36. The molecular weight excluding hydrogens is 254 g/mol. The van der Waals surface area contributed by atoms with Crippen LogP contribution in [0.2, 0.25) is 5.15 Å². The fourth-order valence-electron chi connectivity index (χ4n) is 2.46. The lowest BCUT2D eigenvalue weighted by molar-refractivity contribution is 0.116. The molecule has 6 heteroatoms. The van der Waals surface area contributed by atoms with E-state index in [0.29, 0.717) is 17.4 Å². The number of hydrogen-bond donors (Lipinski definition) is 0. The van der Waals surface area contributed by atoms with E-state index in [4.69, 9.17) is 16.3 Å². The zero-order valence-corrected chi connectivity index (χ0v) is 11.1. The van der Waals surface area contributed by atoms with Crippen LogP contribution in [0.3, 0.4) is 0 Å². The molecule has 0 amide bonds. The minimum absolute atomic E-state index is 0.0999. The van der Waals surface area contributed by atoms with E-state index < -0.39 is 0 Å². The van der Waals surface area contributed by atoms with Gasteiger partial charge in [0.2, 0.25) is 0 Å². The van der Waals surface area contributed by atoms with E-state index in [1.54, 1.807) is 13.1 Å². The topological polar surface area (TPSA) is 47.4 Å². The Hall–Kier alpha value is -1.07. The first-order valence-corrected chi connectivity index (χ1v) is 6.54. The summed E-state index contributed by atoms with van der Waals surface area (Å²) in [5.41, 5.74) is 0.795. The monoisotopic (exact) mass is 269 g/mol. The number of rotatable bonds is 1. The van der Waals surface area contributed by atoms with Crippen molar-refractivity contribution in [1.82, 2.24) is 9.78 Å². The van der Waals surface area contributed by atoms with Crippen molar-refractivity contribution in [3.05, 3.63) is 21.6 Å². The highest BCUT2D eigenvalue weighted by molar-refractivity contribution is 6.29. The van der Waals surface area contributed by atoms with Gasteiger partial charge in [-0.25, -0.2) is 4.68 Å². The van der Waals surface area contributed by atoms with Crippen molar-refractivity contribution in [1.29, 1.82) is 0 Å². The summed E-state index contributed by atoms with van der Waals surface area (Å²) in [7, 11) is 1.62. The normalized spacial score (nSPS) is 22.0. The number of halogens is 1. The SMILES string of the molecule is Cn1nc(Cl)cc(N2CCOCC3(CC3)C2)c1=O. The van der Waals surface area contributed by atoms with Crippen molar-refractivity contribution in [3.63, 3.8) is 0 Å². The minimum Gasteiger partial charge on any atom is -0.379 e. The van der Waals surface area contributed by atoms with E-state index >= 15 is 0 Å². The van der Waals surface area contributed by atoms with Gasteiger partial charge in [-0.3, -0.25) is 4.79 Å². The molecule has 1 aromatic heterocycles. The first-order valence-electron chi connectivity index (χ1n) is 6.16. The third-order valence-corrected chi connectivity index (χ3v) is 3.94. The number of nitrogens with zero attached hydrogens (tertiary/aromatic N) is 3. The van der Waals surface area contributed by atoms with E-state index in [-0.39, 0.29) is 11.0 Å². The van der Waals surface area contributed by atoms with Gasteiger partial charge in [0.05, 0.1) is 13.2 Å². The lowest BCUT2D eigenvalue weighted by Gasteiger charge is -2.24. The Morgan fingerprint density at radius 2 is 2.28 bits per heavy atom. The van der Waals surface area contributed by atoms with Gasteiger partial charge in [-0.15, -0.1) is 0 Å². The molecule has 0 N–H and O–H groups in total. The van der Waals surface area contributed by atoms with E-state index in [1.807, 2.05) is 0 Å². The van der Waals surface area contributed by atoms with E-state index in [0.717, 1.165) is 19.7 Å². The summed E-state index contributed by atoms with van der Waals surface area (Å²) < 4.78 is 6.92. The van der Waals surface area contributed by atoms with Crippen LogP contribution in [-0.2, 0) is 11.8 Å². The van der Waals surface area contributed by atoms with E-state index in [1.165, 1.54) is 17.5 Å². The average molecular weight is 270 g/mol. The number of aromatic nitrogens is 2. The van der Waals surface area contributed by atoms with Gasteiger partial charge in [0.1, 0.15) is 5.69 Å². The highest BCUT2D eigenvalue weighted by Gasteiger charge is 2.45. The van der Waals surface area contributed by atoms with Crippen molar-refractivity contribution >= 4 is 17.3 Å². The summed E-state index contributed by atoms with van der Waals surface area (Å²) in [6.07, 6.45) is 2.37. The summed E-state index contributed by atoms with van der Waals surface area (Å²) in [4.78, 5) is 14.2. The summed E-state index contributed by atoms with van der Waals surface area (Å²) in [5, 5.41) is 4.26. The van der Waals surface area contributed by atoms with Crippen LogP contribution >= 0.6 is 11.6 Å². The highest BCUT2D eigenvalue weighted by Crippen LogP contribution is 2.47. The largest absolute Gasteiger partial charge is 0.379 e. The third-order valence-electron chi connectivity index (χ3n) is 3.75. The number of aryl methyl sites for hydroxylation is 1. The molecule has 1 saturated heterocycles. The van der Waals surface area contributed by atoms with Crippen LogP contribution in [0.25, 0.3) is 0 Å². The maximum atomic E-state index is 12.1. The first-order chi connectivity index (χ1) is 8.60. The Kier molecular flexibility index (Phi) is 2.83. The molecule has 1 aliphatic heterocycles. The second-order valence-electron chi connectivity index (χ2n) is 5.26. The Morgan fingerprint density at radius 1 is 1.50 bits per heavy atom. The number of anilines is 1. The number of ether oxygens (including phenoxy) is 1. The molecule has 2 fully saturated rings. The second kappa shape index (κ2) is 4.24. The minimum atomic E-state index is -0.0999. The predicted octanol–water partition coefficient (Wildman–Crippen LogP) is 1.05. The van der Waals surface area contributed by atoms with Crippen LogP contribution in [0.15, 0.2) is 10.9 Å². The van der Waals surface area contributed by atoms with Crippen LogP contribution in [0.4, 0.5) is 5.69 Å². The van der Waals surface area contributed by atoms with Gasteiger partial charge in [0.15, 0.2) is 5.15 Å². The Balaban J connectivity index is 1.96. The maximum Gasteiger partial charge on any atom is 0.290 e. The van der Waals surface area contributed by atoms with Crippen LogP contribution < -0.4 is 10.5 Å². The standard InChI is InChI=1S/C12H16ClN3O2/c1-15-11(17)9(6-10(13)14-15)16-4-5-18-8-12(7-16)2-3-12/h6H,2-5,7-8H2,1H3. The molecule has 0 radical (unpaired) electrons. The molecule has 0 unspecified atom stereocenters. The van der Waals surface area contributed by atoms with Crippen molar-refractivity contribution in [2.24, 2.45) is 12.5 Å². The van der Waals surface area contributed by atoms with Gasteiger partial charge in [0.25, 0.3) is 5.56 Å². The third kappa shape index (κ3) is 2.12. The Morgan fingerprint density at radius 3 is 3.00 bits per heavy atom. The zero-order valence-electron chi connectivity index (χ0n) is 10.4. The first kappa shape index (κ1) is 12.0. The molecule has 1 spiro atoms. The van der Waals surface area contributed by atoms with Gasteiger partial charge < -0.3 is 9.64 Å². The van der Waals surface area contributed by atoms with Gasteiger partial charge in [-0.1, -0.05) is 11.6 Å². The summed E-state index contributed by atoms with van der Waals surface area (Å²) >= 11 is 5.94. The van der Waals surface area contributed by atoms with Crippen molar-refractivity contribution in [3.8, 4) is 0 Å². The van der Waals surface area contributed by atoms with Gasteiger partial charge >= 0.3 is 0 Å². The van der Waals surface area contributed by atoms with Crippen LogP contribution in [0.1, 0.15) is 12.8 Å². The maximum absolute atomic E-state index is 12.1.